The molecule has 76 valence electrons. The maximum atomic E-state index is 10.8. The van der Waals surface area contributed by atoms with Crippen molar-refractivity contribution in [3.8, 4) is 6.07 Å². The molecule has 1 N–H and O–H groups in total. The molecule has 14 heavy (non-hydrogen) atoms. The molecule has 1 aliphatic rings. The van der Waals surface area contributed by atoms with Gasteiger partial charge in [0.05, 0.1) is 10.8 Å². The second kappa shape index (κ2) is 3.66. The summed E-state index contributed by atoms with van der Waals surface area (Å²) < 4.78 is 0. The standard InChI is InChI=1S/C10H13NO2S/c1-10(2)7(8(10)9(12)13)4-6(5-11)14-3/h4,7-8H,1-3H3,(H,12,13)/b6-4-. The van der Waals surface area contributed by atoms with Crippen LogP contribution in [0.1, 0.15) is 13.8 Å². The Balaban J connectivity index is 2.80. The van der Waals surface area contributed by atoms with Crippen LogP contribution in [0, 0.1) is 28.6 Å². The van der Waals surface area contributed by atoms with Crippen LogP contribution in [0.4, 0.5) is 0 Å². The molecule has 4 heteroatoms. The number of aliphatic carboxylic acids is 1. The molecule has 3 nitrogen and oxygen atoms in total. The fourth-order valence-corrected chi connectivity index (χ4v) is 2.15. The van der Waals surface area contributed by atoms with Crippen molar-refractivity contribution in [3.05, 3.63) is 11.0 Å². The van der Waals surface area contributed by atoms with Gasteiger partial charge in [-0.3, -0.25) is 4.79 Å². The van der Waals surface area contributed by atoms with Gasteiger partial charge in [0.2, 0.25) is 0 Å². The molecular formula is C10H13NO2S. The fraction of sp³-hybridized carbons (Fsp3) is 0.600. The van der Waals surface area contributed by atoms with Crippen LogP contribution in [0.5, 0.6) is 0 Å². The summed E-state index contributed by atoms with van der Waals surface area (Å²) in [5.74, 6) is -1.10. The Labute approximate surface area is 87.8 Å². The van der Waals surface area contributed by atoms with E-state index in [4.69, 9.17) is 10.4 Å². The lowest BCUT2D eigenvalue weighted by Crippen LogP contribution is -2.03. The third-order valence-corrected chi connectivity index (χ3v) is 3.50. The number of carbonyl (C=O) groups is 1. The monoisotopic (exact) mass is 211 g/mol. The SMILES string of the molecule is CS/C(C#N)=C\C1C(C(=O)O)C1(C)C. The lowest BCUT2D eigenvalue weighted by atomic mass is 10.1. The molecule has 0 radical (unpaired) electrons. The normalized spacial score (nSPS) is 29.4. The Morgan fingerprint density at radius 2 is 2.21 bits per heavy atom. The molecule has 2 unspecified atom stereocenters. The Hall–Kier alpha value is -0.950. The van der Waals surface area contributed by atoms with Crippen molar-refractivity contribution >= 4 is 17.7 Å². The molecule has 0 aliphatic heterocycles. The second-order valence-corrected chi connectivity index (χ2v) is 4.86. The lowest BCUT2D eigenvalue weighted by molar-refractivity contribution is -0.139. The average Bonchev–Trinajstić information content (AvgIpc) is 2.63. The maximum absolute atomic E-state index is 10.8. The van der Waals surface area contributed by atoms with E-state index in [-0.39, 0.29) is 17.3 Å². The molecule has 1 saturated carbocycles. The van der Waals surface area contributed by atoms with Crippen LogP contribution in [0.2, 0.25) is 0 Å². The van der Waals surface area contributed by atoms with E-state index in [1.807, 2.05) is 20.1 Å². The third-order valence-electron chi connectivity index (χ3n) is 2.84. The zero-order chi connectivity index (χ0) is 10.9. The molecule has 0 aromatic carbocycles. The number of hydrogen-bond donors (Lipinski definition) is 1. The number of nitriles is 1. The van der Waals surface area contributed by atoms with E-state index in [1.54, 1.807) is 6.08 Å². The zero-order valence-electron chi connectivity index (χ0n) is 8.44. The summed E-state index contributed by atoms with van der Waals surface area (Å²) in [5, 5.41) is 17.6. The Morgan fingerprint density at radius 3 is 2.50 bits per heavy atom. The van der Waals surface area contributed by atoms with E-state index in [0.29, 0.717) is 4.91 Å². The highest BCUT2D eigenvalue weighted by Gasteiger charge is 2.61. The van der Waals surface area contributed by atoms with Crippen LogP contribution in [0.15, 0.2) is 11.0 Å². The summed E-state index contributed by atoms with van der Waals surface area (Å²) in [6.07, 6.45) is 3.60. The number of hydrogen-bond acceptors (Lipinski definition) is 3. The largest absolute Gasteiger partial charge is 0.481 e. The molecule has 0 aromatic heterocycles. The highest BCUT2D eigenvalue weighted by atomic mass is 32.2. The summed E-state index contributed by atoms with van der Waals surface area (Å²) >= 11 is 1.36. The minimum Gasteiger partial charge on any atom is -0.481 e. The van der Waals surface area contributed by atoms with Crippen molar-refractivity contribution < 1.29 is 9.90 Å². The van der Waals surface area contributed by atoms with Gasteiger partial charge in [0, 0.05) is 0 Å². The van der Waals surface area contributed by atoms with Gasteiger partial charge in [-0.25, -0.2) is 0 Å². The molecule has 1 aliphatic carbocycles. The van der Waals surface area contributed by atoms with Crippen molar-refractivity contribution in [1.82, 2.24) is 0 Å². The van der Waals surface area contributed by atoms with Crippen LogP contribution in [-0.4, -0.2) is 17.3 Å². The zero-order valence-corrected chi connectivity index (χ0v) is 9.26. The Morgan fingerprint density at radius 1 is 1.64 bits per heavy atom. The minimum atomic E-state index is -0.769. The van der Waals surface area contributed by atoms with Crippen LogP contribution >= 0.6 is 11.8 Å². The Bertz CT molecular complexity index is 328. The number of allylic oxidation sites excluding steroid dienone is 2. The van der Waals surface area contributed by atoms with Gasteiger partial charge in [-0.1, -0.05) is 19.9 Å². The molecule has 0 saturated heterocycles. The topological polar surface area (TPSA) is 61.1 Å². The average molecular weight is 211 g/mol. The third kappa shape index (κ3) is 1.78. The number of rotatable bonds is 3. The quantitative estimate of drug-likeness (QED) is 0.726. The van der Waals surface area contributed by atoms with Gasteiger partial charge in [-0.15, -0.1) is 11.8 Å². The highest BCUT2D eigenvalue weighted by Crippen LogP contribution is 2.59. The van der Waals surface area contributed by atoms with Crippen molar-refractivity contribution in [2.75, 3.05) is 6.26 Å². The van der Waals surface area contributed by atoms with E-state index in [2.05, 4.69) is 6.07 Å². The molecule has 1 fully saturated rings. The molecule has 0 spiro atoms. The van der Waals surface area contributed by atoms with E-state index in [1.165, 1.54) is 11.8 Å². The second-order valence-electron chi connectivity index (χ2n) is 4.01. The first kappa shape index (κ1) is 11.1. The first-order valence-electron chi connectivity index (χ1n) is 4.34. The summed E-state index contributed by atoms with van der Waals surface area (Å²) in [7, 11) is 0. The predicted octanol–water partition coefficient (Wildman–Crippen LogP) is 2.11. The van der Waals surface area contributed by atoms with Crippen LogP contribution in [0.25, 0.3) is 0 Å². The van der Waals surface area contributed by atoms with Crippen molar-refractivity contribution in [2.24, 2.45) is 17.3 Å². The number of thioether (sulfide) groups is 1. The van der Waals surface area contributed by atoms with E-state index >= 15 is 0 Å². The van der Waals surface area contributed by atoms with Gasteiger partial charge in [-0.2, -0.15) is 5.26 Å². The first-order chi connectivity index (χ1) is 6.45. The van der Waals surface area contributed by atoms with Gasteiger partial charge in [0.25, 0.3) is 0 Å². The smallest absolute Gasteiger partial charge is 0.307 e. The minimum absolute atomic E-state index is 0.00194. The number of carboxylic acid groups (broad SMARTS) is 1. The van der Waals surface area contributed by atoms with E-state index in [9.17, 15) is 4.79 Å². The van der Waals surface area contributed by atoms with E-state index < -0.39 is 5.97 Å². The summed E-state index contributed by atoms with van der Waals surface area (Å²) in [6.45, 7) is 3.84. The van der Waals surface area contributed by atoms with Crippen molar-refractivity contribution in [2.45, 2.75) is 13.8 Å². The molecule has 0 amide bonds. The van der Waals surface area contributed by atoms with E-state index in [0.717, 1.165) is 0 Å². The molecule has 2 atom stereocenters. The molecule has 0 bridgehead atoms. The van der Waals surface area contributed by atoms with Gasteiger partial charge in [0.15, 0.2) is 0 Å². The summed E-state index contributed by atoms with van der Waals surface area (Å²) in [5.41, 5.74) is -0.205. The van der Waals surface area contributed by atoms with Gasteiger partial charge in [0.1, 0.15) is 6.07 Å². The maximum Gasteiger partial charge on any atom is 0.307 e. The van der Waals surface area contributed by atoms with Crippen LogP contribution in [-0.2, 0) is 4.79 Å². The fourth-order valence-electron chi connectivity index (χ4n) is 1.77. The van der Waals surface area contributed by atoms with Gasteiger partial charge < -0.3 is 5.11 Å². The summed E-state index contributed by atoms with van der Waals surface area (Å²) in [6, 6.07) is 2.05. The van der Waals surface area contributed by atoms with Gasteiger partial charge >= 0.3 is 5.97 Å². The molecule has 0 aromatic rings. The molecule has 1 rings (SSSR count). The Kier molecular flexibility index (Phi) is 2.91. The lowest BCUT2D eigenvalue weighted by Gasteiger charge is -1.97. The summed E-state index contributed by atoms with van der Waals surface area (Å²) in [4.78, 5) is 11.4. The van der Waals surface area contributed by atoms with Crippen LogP contribution in [0.3, 0.4) is 0 Å². The molecular weight excluding hydrogens is 198 g/mol. The predicted molar refractivity (Wildman–Crippen MR) is 55.6 cm³/mol. The number of nitrogens with zero attached hydrogens (tertiary/aromatic N) is 1. The first-order valence-corrected chi connectivity index (χ1v) is 5.56. The highest BCUT2D eigenvalue weighted by molar-refractivity contribution is 8.02. The number of carboxylic acids is 1. The van der Waals surface area contributed by atoms with Gasteiger partial charge in [-0.05, 0) is 17.6 Å². The van der Waals surface area contributed by atoms with Crippen molar-refractivity contribution in [3.63, 3.8) is 0 Å². The molecule has 0 heterocycles. The van der Waals surface area contributed by atoms with Crippen molar-refractivity contribution in [1.29, 1.82) is 5.26 Å². The van der Waals surface area contributed by atoms with Crippen LogP contribution < -0.4 is 0 Å².